The molecule has 3 rings (SSSR count). The van der Waals surface area contributed by atoms with E-state index in [1.54, 1.807) is 0 Å². The van der Waals surface area contributed by atoms with Gasteiger partial charge in [0, 0.05) is 25.2 Å². The molecule has 144 valence electrons. The second-order valence-corrected chi connectivity index (χ2v) is 8.06. The van der Waals surface area contributed by atoms with E-state index in [9.17, 15) is 17.2 Å². The molecule has 0 bridgehead atoms. The van der Waals surface area contributed by atoms with Crippen LogP contribution in [0.25, 0.3) is 0 Å². The van der Waals surface area contributed by atoms with Crippen LogP contribution in [0.15, 0.2) is 47.6 Å². The van der Waals surface area contributed by atoms with E-state index in [-0.39, 0.29) is 29.1 Å². The van der Waals surface area contributed by atoms with Gasteiger partial charge in [-0.3, -0.25) is 4.68 Å². The minimum absolute atomic E-state index is 0. The molecular weight excluding hydrogens is 386 g/mol. The molecule has 1 aliphatic rings. The normalized spacial score (nSPS) is 21.1. The average Bonchev–Trinajstić information content (AvgIpc) is 3.22. The fourth-order valence-corrected chi connectivity index (χ4v) is 4.69. The van der Waals surface area contributed by atoms with E-state index in [4.69, 9.17) is 5.73 Å². The highest BCUT2D eigenvalue weighted by Gasteiger charge is 2.39. The highest BCUT2D eigenvalue weighted by atomic mass is 35.5. The maximum absolute atomic E-state index is 12.8. The fraction of sp³-hybridized carbons (Fsp3) is 0.438. The Labute approximate surface area is 157 Å². The van der Waals surface area contributed by atoms with Crippen LogP contribution in [0.3, 0.4) is 0 Å². The molecule has 2 aromatic rings. The third-order valence-electron chi connectivity index (χ3n) is 4.51. The predicted octanol–water partition coefficient (Wildman–Crippen LogP) is 1.93. The lowest BCUT2D eigenvalue weighted by Crippen LogP contribution is -2.29. The molecule has 0 aliphatic carbocycles. The number of alkyl halides is 2. The molecule has 0 amide bonds. The molecule has 1 saturated heterocycles. The highest BCUT2D eigenvalue weighted by molar-refractivity contribution is 7.89. The lowest BCUT2D eigenvalue weighted by atomic mass is 9.89. The largest absolute Gasteiger partial charge is 0.330 e. The summed E-state index contributed by atoms with van der Waals surface area (Å²) in [5.41, 5.74) is 6.89. The third-order valence-corrected chi connectivity index (χ3v) is 6.29. The number of aromatic nitrogens is 2. The van der Waals surface area contributed by atoms with Gasteiger partial charge in [0.2, 0.25) is 10.0 Å². The summed E-state index contributed by atoms with van der Waals surface area (Å²) in [5, 5.41) is 3.72. The number of nitrogens with two attached hydrogens (primary N) is 1. The standard InChI is InChI=1S/C16H20F2N4O2S.ClH/c17-16(18)11-21-9-14(7-20-21)25(23,24)22-8-13(6-19)15(10-22)12-4-2-1-3-5-12;/h1-5,7,9,13,15-16H,6,8,10-11,19H2;1H/t13-,15+;/m1./s1. The van der Waals surface area contributed by atoms with Gasteiger partial charge >= 0.3 is 0 Å². The van der Waals surface area contributed by atoms with Crippen molar-refractivity contribution >= 4 is 22.4 Å². The first kappa shape index (κ1) is 20.8. The summed E-state index contributed by atoms with van der Waals surface area (Å²) >= 11 is 0. The highest BCUT2D eigenvalue weighted by Crippen LogP contribution is 2.35. The molecule has 2 heterocycles. The maximum atomic E-state index is 12.8. The Hall–Kier alpha value is -1.55. The van der Waals surface area contributed by atoms with Crippen LogP contribution in [0.4, 0.5) is 8.78 Å². The van der Waals surface area contributed by atoms with Crippen molar-refractivity contribution in [3.05, 3.63) is 48.3 Å². The molecule has 1 aromatic heterocycles. The van der Waals surface area contributed by atoms with Gasteiger partial charge in [0.15, 0.2) is 0 Å². The van der Waals surface area contributed by atoms with Crippen LogP contribution in [0.2, 0.25) is 0 Å². The van der Waals surface area contributed by atoms with E-state index in [2.05, 4.69) is 5.10 Å². The van der Waals surface area contributed by atoms with Gasteiger partial charge in [0.05, 0.1) is 6.20 Å². The number of hydrogen-bond donors (Lipinski definition) is 1. The summed E-state index contributed by atoms with van der Waals surface area (Å²) < 4.78 is 52.8. The monoisotopic (exact) mass is 406 g/mol. The topological polar surface area (TPSA) is 81.2 Å². The molecule has 1 aliphatic heterocycles. The molecule has 1 fully saturated rings. The lowest BCUT2D eigenvalue weighted by Gasteiger charge is -2.16. The van der Waals surface area contributed by atoms with E-state index in [0.717, 1.165) is 22.6 Å². The quantitative estimate of drug-likeness (QED) is 0.794. The molecule has 2 N–H and O–H groups in total. The van der Waals surface area contributed by atoms with Gasteiger partial charge < -0.3 is 5.73 Å². The first-order chi connectivity index (χ1) is 11.9. The number of nitrogens with zero attached hydrogens (tertiary/aromatic N) is 3. The van der Waals surface area contributed by atoms with Gasteiger partial charge in [-0.25, -0.2) is 17.2 Å². The van der Waals surface area contributed by atoms with Crippen LogP contribution in [0.1, 0.15) is 11.5 Å². The Bertz CT molecular complexity index is 817. The number of sulfonamides is 1. The molecule has 0 saturated carbocycles. The van der Waals surface area contributed by atoms with E-state index in [1.165, 1.54) is 4.31 Å². The first-order valence-corrected chi connectivity index (χ1v) is 9.41. The van der Waals surface area contributed by atoms with Gasteiger partial charge in [-0.15, -0.1) is 12.4 Å². The summed E-state index contributed by atoms with van der Waals surface area (Å²) in [6.07, 6.45) is -0.328. The summed E-state index contributed by atoms with van der Waals surface area (Å²) in [6.45, 7) is 0.358. The van der Waals surface area contributed by atoms with Crippen LogP contribution in [-0.4, -0.2) is 48.6 Å². The van der Waals surface area contributed by atoms with Gasteiger partial charge in [0.25, 0.3) is 6.43 Å². The first-order valence-electron chi connectivity index (χ1n) is 7.97. The van der Waals surface area contributed by atoms with E-state index in [1.807, 2.05) is 30.3 Å². The zero-order valence-electron chi connectivity index (χ0n) is 13.9. The number of hydrogen-bond acceptors (Lipinski definition) is 4. The van der Waals surface area contributed by atoms with Gasteiger partial charge in [-0.05, 0) is 18.0 Å². The Morgan fingerprint density at radius 2 is 1.92 bits per heavy atom. The summed E-state index contributed by atoms with van der Waals surface area (Å²) in [6, 6.07) is 9.65. The summed E-state index contributed by atoms with van der Waals surface area (Å²) in [4.78, 5) is -0.0716. The van der Waals surface area contributed by atoms with Crippen LogP contribution >= 0.6 is 12.4 Å². The molecule has 10 heteroatoms. The van der Waals surface area contributed by atoms with Gasteiger partial charge in [0.1, 0.15) is 11.4 Å². The van der Waals surface area contributed by atoms with E-state index >= 15 is 0 Å². The molecule has 0 unspecified atom stereocenters. The second kappa shape index (κ2) is 8.43. The molecular formula is C16H21ClF2N4O2S. The Morgan fingerprint density at radius 1 is 1.23 bits per heavy atom. The average molecular weight is 407 g/mol. The molecule has 1 aromatic carbocycles. The number of benzene rings is 1. The van der Waals surface area contributed by atoms with E-state index in [0.29, 0.717) is 19.6 Å². The maximum Gasteiger partial charge on any atom is 0.257 e. The van der Waals surface area contributed by atoms with Gasteiger partial charge in [-0.1, -0.05) is 30.3 Å². The zero-order valence-corrected chi connectivity index (χ0v) is 15.5. The van der Waals surface area contributed by atoms with Crippen LogP contribution in [0.5, 0.6) is 0 Å². The lowest BCUT2D eigenvalue weighted by molar-refractivity contribution is 0.121. The van der Waals surface area contributed by atoms with Crippen molar-refractivity contribution in [2.24, 2.45) is 11.7 Å². The minimum atomic E-state index is -3.79. The molecule has 0 radical (unpaired) electrons. The smallest absolute Gasteiger partial charge is 0.257 e. The summed E-state index contributed by atoms with van der Waals surface area (Å²) in [7, 11) is -3.79. The van der Waals surface area contributed by atoms with Crippen molar-refractivity contribution in [2.75, 3.05) is 19.6 Å². The van der Waals surface area contributed by atoms with Gasteiger partial charge in [-0.2, -0.15) is 9.40 Å². The van der Waals surface area contributed by atoms with Crippen LogP contribution in [0, 0.1) is 5.92 Å². The van der Waals surface area contributed by atoms with Crippen LogP contribution in [-0.2, 0) is 16.6 Å². The molecule has 26 heavy (non-hydrogen) atoms. The molecule has 6 nitrogen and oxygen atoms in total. The number of halogens is 3. The Morgan fingerprint density at radius 3 is 2.54 bits per heavy atom. The van der Waals surface area contributed by atoms with Crippen LogP contribution < -0.4 is 5.73 Å². The van der Waals surface area contributed by atoms with Crippen molar-refractivity contribution in [1.82, 2.24) is 14.1 Å². The Balaban J connectivity index is 0.00000243. The Kier molecular flexibility index (Phi) is 6.73. The second-order valence-electron chi connectivity index (χ2n) is 6.12. The summed E-state index contributed by atoms with van der Waals surface area (Å²) in [5.74, 6) is 0.0189. The molecule has 0 spiro atoms. The zero-order chi connectivity index (χ0) is 18.0. The predicted molar refractivity (Wildman–Crippen MR) is 96.0 cm³/mol. The van der Waals surface area contributed by atoms with Crippen molar-refractivity contribution in [3.63, 3.8) is 0 Å². The van der Waals surface area contributed by atoms with Crippen molar-refractivity contribution < 1.29 is 17.2 Å². The van der Waals surface area contributed by atoms with Crippen molar-refractivity contribution in [3.8, 4) is 0 Å². The van der Waals surface area contributed by atoms with E-state index < -0.39 is 23.0 Å². The van der Waals surface area contributed by atoms with Crippen molar-refractivity contribution in [1.29, 1.82) is 0 Å². The fourth-order valence-electron chi connectivity index (χ4n) is 3.21. The SMILES string of the molecule is Cl.NC[C@@H]1CN(S(=O)(=O)c2cnn(CC(F)F)c2)C[C@H]1c1ccccc1. The number of rotatable bonds is 6. The molecule has 2 atom stereocenters. The minimum Gasteiger partial charge on any atom is -0.330 e. The third kappa shape index (κ3) is 4.22. The van der Waals surface area contributed by atoms with Crippen molar-refractivity contribution in [2.45, 2.75) is 23.8 Å².